The van der Waals surface area contributed by atoms with Gasteiger partial charge in [-0.05, 0) is 68.5 Å². The molecule has 0 radical (unpaired) electrons. The number of hydrogen-bond acceptors (Lipinski definition) is 6. The van der Waals surface area contributed by atoms with Gasteiger partial charge in [-0.3, -0.25) is 4.79 Å². The lowest BCUT2D eigenvalue weighted by Gasteiger charge is -2.12. The summed E-state index contributed by atoms with van der Waals surface area (Å²) in [5.74, 6) is -0.252. The van der Waals surface area contributed by atoms with Crippen LogP contribution in [0.3, 0.4) is 0 Å². The van der Waals surface area contributed by atoms with Crippen LogP contribution < -0.4 is 5.32 Å². The number of furan rings is 1. The molecule has 0 unspecified atom stereocenters. The first-order valence-corrected chi connectivity index (χ1v) is 12.3. The standard InChI is InChI=1S/C25H20Cl2N2O4S/c1-2-32-25(31)22-17-5-3-4-6-21(17)34-24(22)29-23(30)15(13-28)11-16-8-10-20(33-16)14-7-9-18(26)19(27)12-14/h7-12H,2-6H2,1H3,(H,29,30). The molecule has 0 saturated heterocycles. The lowest BCUT2D eigenvalue weighted by atomic mass is 9.95. The van der Waals surface area contributed by atoms with Crippen molar-refractivity contribution >= 4 is 57.5 Å². The summed E-state index contributed by atoms with van der Waals surface area (Å²) in [5, 5.41) is 13.6. The van der Waals surface area contributed by atoms with Gasteiger partial charge in [-0.25, -0.2) is 4.79 Å². The molecule has 2 heterocycles. The number of hydrogen-bond donors (Lipinski definition) is 1. The predicted molar refractivity (Wildman–Crippen MR) is 133 cm³/mol. The first-order chi connectivity index (χ1) is 16.4. The second-order valence-electron chi connectivity index (χ2n) is 7.59. The summed E-state index contributed by atoms with van der Waals surface area (Å²) in [5.41, 5.74) is 1.88. The number of aryl methyl sites for hydroxylation is 1. The van der Waals surface area contributed by atoms with Crippen LogP contribution in [0.5, 0.6) is 0 Å². The highest BCUT2D eigenvalue weighted by Gasteiger charge is 2.28. The number of nitrogens with zero attached hydrogens (tertiary/aromatic N) is 1. The quantitative estimate of drug-likeness (QED) is 0.219. The van der Waals surface area contributed by atoms with E-state index in [1.165, 1.54) is 17.4 Å². The maximum absolute atomic E-state index is 12.9. The summed E-state index contributed by atoms with van der Waals surface area (Å²) in [7, 11) is 0. The topological polar surface area (TPSA) is 92.3 Å². The van der Waals surface area contributed by atoms with E-state index in [1.807, 2.05) is 6.07 Å². The number of esters is 1. The maximum Gasteiger partial charge on any atom is 0.341 e. The van der Waals surface area contributed by atoms with Crippen LogP contribution in [-0.2, 0) is 22.4 Å². The minimum Gasteiger partial charge on any atom is -0.462 e. The Morgan fingerprint density at radius 1 is 1.21 bits per heavy atom. The molecule has 1 amide bonds. The van der Waals surface area contributed by atoms with Crippen molar-refractivity contribution in [3.63, 3.8) is 0 Å². The Morgan fingerprint density at radius 2 is 2.00 bits per heavy atom. The smallest absolute Gasteiger partial charge is 0.341 e. The molecule has 174 valence electrons. The number of carbonyl (C=O) groups excluding carboxylic acids is 2. The summed E-state index contributed by atoms with van der Waals surface area (Å²) in [6.07, 6.45) is 4.99. The number of rotatable bonds is 6. The largest absolute Gasteiger partial charge is 0.462 e. The van der Waals surface area contributed by atoms with Gasteiger partial charge in [0.05, 0.1) is 22.2 Å². The molecule has 0 aliphatic heterocycles. The first kappa shape index (κ1) is 24.1. The van der Waals surface area contributed by atoms with Crippen molar-refractivity contribution in [3.8, 4) is 17.4 Å². The Morgan fingerprint density at radius 3 is 2.74 bits per heavy atom. The van der Waals surface area contributed by atoms with Crippen molar-refractivity contribution < 1.29 is 18.7 Å². The number of nitrogens with one attached hydrogen (secondary N) is 1. The van der Waals surface area contributed by atoms with Crippen LogP contribution in [0.25, 0.3) is 17.4 Å². The summed E-state index contributed by atoms with van der Waals surface area (Å²) >= 11 is 13.4. The van der Waals surface area contributed by atoms with Crippen LogP contribution in [0.15, 0.2) is 40.3 Å². The summed E-state index contributed by atoms with van der Waals surface area (Å²) in [6, 6.07) is 10.4. The van der Waals surface area contributed by atoms with Crippen molar-refractivity contribution in [1.82, 2.24) is 0 Å². The second-order valence-corrected chi connectivity index (χ2v) is 9.51. The van der Waals surface area contributed by atoms with Crippen molar-refractivity contribution in [2.75, 3.05) is 11.9 Å². The highest BCUT2D eigenvalue weighted by molar-refractivity contribution is 7.17. The number of ether oxygens (including phenoxy) is 1. The Balaban J connectivity index is 1.59. The van der Waals surface area contributed by atoms with Crippen LogP contribution in [0.2, 0.25) is 10.0 Å². The Hall–Kier alpha value is -3.05. The number of anilines is 1. The maximum atomic E-state index is 12.9. The number of amides is 1. The van der Waals surface area contributed by atoms with Crippen LogP contribution >= 0.6 is 34.5 Å². The third-order valence-electron chi connectivity index (χ3n) is 5.36. The normalized spacial score (nSPS) is 13.2. The SMILES string of the molecule is CCOC(=O)c1c(NC(=O)C(C#N)=Cc2ccc(-c3ccc(Cl)c(Cl)c3)o2)sc2c1CCCC2. The molecule has 0 fully saturated rings. The molecule has 3 aromatic rings. The van der Waals surface area contributed by atoms with Crippen molar-refractivity contribution in [2.45, 2.75) is 32.6 Å². The van der Waals surface area contributed by atoms with Gasteiger partial charge in [-0.1, -0.05) is 23.2 Å². The van der Waals surface area contributed by atoms with Gasteiger partial charge >= 0.3 is 5.97 Å². The van der Waals surface area contributed by atoms with Crippen LogP contribution in [0.4, 0.5) is 5.00 Å². The molecule has 1 aliphatic rings. The van der Waals surface area contributed by atoms with Gasteiger partial charge in [-0.2, -0.15) is 5.26 Å². The summed E-state index contributed by atoms with van der Waals surface area (Å²) < 4.78 is 11.0. The highest BCUT2D eigenvalue weighted by Crippen LogP contribution is 2.39. The summed E-state index contributed by atoms with van der Waals surface area (Å²) in [4.78, 5) is 26.6. The fourth-order valence-electron chi connectivity index (χ4n) is 3.77. The average Bonchev–Trinajstić information content (AvgIpc) is 3.43. The van der Waals surface area contributed by atoms with Crippen LogP contribution in [0, 0.1) is 11.3 Å². The lowest BCUT2D eigenvalue weighted by Crippen LogP contribution is -2.16. The lowest BCUT2D eigenvalue weighted by molar-refractivity contribution is -0.112. The molecule has 0 bridgehead atoms. The molecule has 9 heteroatoms. The van der Waals surface area contributed by atoms with Gasteiger partial charge in [0.1, 0.15) is 28.2 Å². The van der Waals surface area contributed by atoms with E-state index in [4.69, 9.17) is 32.4 Å². The molecule has 6 nitrogen and oxygen atoms in total. The van der Waals surface area contributed by atoms with Crippen molar-refractivity contribution in [2.24, 2.45) is 0 Å². The van der Waals surface area contributed by atoms with Gasteiger partial charge in [-0.15, -0.1) is 11.3 Å². The third-order valence-corrected chi connectivity index (χ3v) is 7.31. The van der Waals surface area contributed by atoms with Crippen molar-refractivity contribution in [1.29, 1.82) is 5.26 Å². The molecule has 1 aromatic carbocycles. The minimum absolute atomic E-state index is 0.156. The van der Waals surface area contributed by atoms with E-state index >= 15 is 0 Å². The van der Waals surface area contributed by atoms with E-state index in [0.29, 0.717) is 37.7 Å². The minimum atomic E-state index is -0.626. The number of thiophene rings is 1. The van der Waals surface area contributed by atoms with E-state index in [9.17, 15) is 14.9 Å². The number of nitriles is 1. The molecule has 0 saturated carbocycles. The molecule has 0 atom stereocenters. The Bertz CT molecular complexity index is 1330. The molecular formula is C25H20Cl2N2O4S. The summed E-state index contributed by atoms with van der Waals surface area (Å²) in [6.45, 7) is 1.97. The van der Waals surface area contributed by atoms with E-state index in [-0.39, 0.29) is 12.2 Å². The molecule has 2 aromatic heterocycles. The van der Waals surface area contributed by atoms with Gasteiger partial charge < -0.3 is 14.5 Å². The van der Waals surface area contributed by atoms with Crippen LogP contribution in [0.1, 0.15) is 46.3 Å². The molecule has 1 N–H and O–H groups in total. The fraction of sp³-hybridized carbons (Fsp3) is 0.240. The Labute approximate surface area is 210 Å². The van der Waals surface area contributed by atoms with Gasteiger partial charge in [0, 0.05) is 16.5 Å². The van der Waals surface area contributed by atoms with Crippen LogP contribution in [-0.4, -0.2) is 18.5 Å². The average molecular weight is 515 g/mol. The zero-order valence-corrected chi connectivity index (χ0v) is 20.6. The van der Waals surface area contributed by atoms with E-state index in [1.54, 1.807) is 37.3 Å². The van der Waals surface area contributed by atoms with E-state index in [2.05, 4.69) is 5.32 Å². The van der Waals surface area contributed by atoms with Crippen molar-refractivity contribution in [3.05, 3.63) is 67.7 Å². The monoisotopic (exact) mass is 514 g/mol. The number of halogens is 2. The molecule has 4 rings (SSSR count). The Kier molecular flexibility index (Phi) is 7.42. The zero-order valence-electron chi connectivity index (χ0n) is 18.2. The molecule has 1 aliphatic carbocycles. The van der Waals surface area contributed by atoms with E-state index < -0.39 is 11.9 Å². The molecule has 34 heavy (non-hydrogen) atoms. The first-order valence-electron chi connectivity index (χ1n) is 10.7. The van der Waals surface area contributed by atoms with Gasteiger partial charge in [0.15, 0.2) is 0 Å². The van der Waals surface area contributed by atoms with E-state index in [0.717, 1.165) is 36.1 Å². The highest BCUT2D eigenvalue weighted by atomic mass is 35.5. The molecule has 0 spiro atoms. The number of benzene rings is 1. The second kappa shape index (κ2) is 10.5. The predicted octanol–water partition coefficient (Wildman–Crippen LogP) is 6.92. The number of carbonyl (C=O) groups is 2. The number of fused-ring (bicyclic) bond motifs is 1. The fourth-order valence-corrected chi connectivity index (χ4v) is 5.34. The van der Waals surface area contributed by atoms with Gasteiger partial charge in [0.25, 0.3) is 5.91 Å². The zero-order chi connectivity index (χ0) is 24.2. The van der Waals surface area contributed by atoms with Gasteiger partial charge in [0.2, 0.25) is 0 Å². The third kappa shape index (κ3) is 5.05. The molecular weight excluding hydrogens is 495 g/mol.